The van der Waals surface area contributed by atoms with Crippen LogP contribution < -0.4 is 10.1 Å². The monoisotopic (exact) mass is 338 g/mol. The van der Waals surface area contributed by atoms with E-state index in [0.717, 1.165) is 0 Å². The van der Waals surface area contributed by atoms with Crippen molar-refractivity contribution in [1.29, 1.82) is 0 Å². The first-order valence-corrected chi connectivity index (χ1v) is 7.89. The van der Waals surface area contributed by atoms with Crippen LogP contribution in [0, 0.1) is 0 Å². The Balaban J connectivity index is 2.30. The molecule has 134 valence electrons. The fourth-order valence-electron chi connectivity index (χ4n) is 1.73. The maximum Gasteiger partial charge on any atom is 0.305 e. The summed E-state index contributed by atoms with van der Waals surface area (Å²) in [6.45, 7) is 7.19. The van der Waals surface area contributed by atoms with Gasteiger partial charge in [-0.05, 0) is 33.3 Å². The first kappa shape index (κ1) is 19.9. The first-order valence-electron chi connectivity index (χ1n) is 7.89. The van der Waals surface area contributed by atoms with E-state index in [0.29, 0.717) is 37.6 Å². The summed E-state index contributed by atoms with van der Waals surface area (Å²) < 4.78 is 15.5. The molecule has 1 aromatic rings. The van der Waals surface area contributed by atoms with Crippen molar-refractivity contribution in [3.8, 4) is 5.88 Å². The third-order valence-electron chi connectivity index (χ3n) is 2.94. The van der Waals surface area contributed by atoms with Crippen LogP contribution in [0.2, 0.25) is 0 Å². The van der Waals surface area contributed by atoms with Gasteiger partial charge in [0.2, 0.25) is 5.88 Å². The number of nitrogens with zero attached hydrogens (tertiary/aromatic N) is 1. The molecule has 0 aliphatic heterocycles. The zero-order valence-electron chi connectivity index (χ0n) is 14.8. The number of amides is 1. The number of hydrogen-bond acceptors (Lipinski definition) is 6. The number of aromatic nitrogens is 1. The summed E-state index contributed by atoms with van der Waals surface area (Å²) in [4.78, 5) is 27.0. The van der Waals surface area contributed by atoms with E-state index in [2.05, 4.69) is 15.0 Å². The lowest BCUT2D eigenvalue weighted by atomic mass is 10.2. The van der Waals surface area contributed by atoms with Gasteiger partial charge in [-0.15, -0.1) is 0 Å². The summed E-state index contributed by atoms with van der Waals surface area (Å²) in [6.07, 6.45) is 2.26. The Morgan fingerprint density at radius 2 is 1.96 bits per heavy atom. The SMILES string of the molecule is COC(=O)CCCNC(=O)c1ccc(OCCOC(C)(C)C)nc1. The second kappa shape index (κ2) is 9.87. The second-order valence-electron chi connectivity index (χ2n) is 6.13. The van der Waals surface area contributed by atoms with Gasteiger partial charge in [0.15, 0.2) is 0 Å². The molecule has 7 nitrogen and oxygen atoms in total. The van der Waals surface area contributed by atoms with E-state index >= 15 is 0 Å². The highest BCUT2D eigenvalue weighted by atomic mass is 16.5. The molecule has 24 heavy (non-hydrogen) atoms. The first-order chi connectivity index (χ1) is 11.3. The minimum absolute atomic E-state index is 0.202. The molecule has 0 atom stereocenters. The van der Waals surface area contributed by atoms with Gasteiger partial charge in [-0.3, -0.25) is 9.59 Å². The smallest absolute Gasteiger partial charge is 0.305 e. The van der Waals surface area contributed by atoms with Crippen LogP contribution in [-0.4, -0.2) is 49.3 Å². The molecule has 0 fully saturated rings. The number of nitrogens with one attached hydrogen (secondary N) is 1. The van der Waals surface area contributed by atoms with Crippen molar-refractivity contribution in [2.24, 2.45) is 0 Å². The van der Waals surface area contributed by atoms with Crippen LogP contribution in [-0.2, 0) is 14.3 Å². The number of ether oxygens (including phenoxy) is 3. The molecule has 0 saturated heterocycles. The molecule has 0 aliphatic carbocycles. The summed E-state index contributed by atoms with van der Waals surface area (Å²) in [5.74, 6) is -0.0902. The third kappa shape index (κ3) is 8.47. The molecule has 1 amide bonds. The van der Waals surface area contributed by atoms with Crippen LogP contribution in [0.4, 0.5) is 0 Å². The Hall–Kier alpha value is -2.15. The lowest BCUT2D eigenvalue weighted by Crippen LogP contribution is -2.25. The fraction of sp³-hybridized carbons (Fsp3) is 0.588. The molecule has 1 heterocycles. The minimum Gasteiger partial charge on any atom is -0.475 e. The summed E-state index contributed by atoms with van der Waals surface area (Å²) in [5.41, 5.74) is 0.235. The maximum atomic E-state index is 11.9. The Labute approximate surface area is 142 Å². The van der Waals surface area contributed by atoms with Crippen molar-refractivity contribution in [3.63, 3.8) is 0 Å². The number of carbonyl (C=O) groups is 2. The highest BCUT2D eigenvalue weighted by molar-refractivity contribution is 5.93. The number of methoxy groups -OCH3 is 1. The molecule has 0 spiro atoms. The predicted molar refractivity (Wildman–Crippen MR) is 89.0 cm³/mol. The maximum absolute atomic E-state index is 11.9. The highest BCUT2D eigenvalue weighted by Crippen LogP contribution is 2.09. The summed E-state index contributed by atoms with van der Waals surface area (Å²) in [6, 6.07) is 3.28. The largest absolute Gasteiger partial charge is 0.475 e. The minimum atomic E-state index is -0.289. The normalized spacial score (nSPS) is 11.0. The highest BCUT2D eigenvalue weighted by Gasteiger charge is 2.10. The number of hydrogen-bond donors (Lipinski definition) is 1. The van der Waals surface area contributed by atoms with Crippen molar-refractivity contribution in [3.05, 3.63) is 23.9 Å². The lowest BCUT2D eigenvalue weighted by molar-refractivity contribution is -0.140. The fourth-order valence-corrected chi connectivity index (χ4v) is 1.73. The van der Waals surface area contributed by atoms with Crippen molar-refractivity contribution in [1.82, 2.24) is 10.3 Å². The molecule has 0 unspecified atom stereocenters. The van der Waals surface area contributed by atoms with E-state index in [1.807, 2.05) is 20.8 Å². The molecule has 0 bridgehead atoms. The Morgan fingerprint density at radius 1 is 1.21 bits per heavy atom. The molecule has 0 radical (unpaired) electrons. The van der Waals surface area contributed by atoms with E-state index in [9.17, 15) is 9.59 Å². The topological polar surface area (TPSA) is 86.8 Å². The molecular weight excluding hydrogens is 312 g/mol. The van der Waals surface area contributed by atoms with Crippen LogP contribution >= 0.6 is 0 Å². The van der Waals surface area contributed by atoms with E-state index < -0.39 is 0 Å². The standard InChI is InChI=1S/C17H26N2O5/c1-17(2,3)24-11-10-23-14-8-7-13(12-19-14)16(21)18-9-5-6-15(20)22-4/h7-8,12H,5-6,9-11H2,1-4H3,(H,18,21). The molecule has 0 aliphatic rings. The van der Waals surface area contributed by atoms with Gasteiger partial charge >= 0.3 is 5.97 Å². The van der Waals surface area contributed by atoms with Crippen LogP contribution in [0.25, 0.3) is 0 Å². The van der Waals surface area contributed by atoms with Gasteiger partial charge < -0.3 is 19.5 Å². The average molecular weight is 338 g/mol. The van der Waals surface area contributed by atoms with Gasteiger partial charge in [0, 0.05) is 25.2 Å². The van der Waals surface area contributed by atoms with E-state index in [4.69, 9.17) is 9.47 Å². The van der Waals surface area contributed by atoms with Gasteiger partial charge in [0.25, 0.3) is 5.91 Å². The second-order valence-corrected chi connectivity index (χ2v) is 6.13. The van der Waals surface area contributed by atoms with Crippen molar-refractivity contribution in [2.75, 3.05) is 26.9 Å². The summed E-state index contributed by atoms with van der Waals surface area (Å²) >= 11 is 0. The quantitative estimate of drug-likeness (QED) is 0.547. The van der Waals surface area contributed by atoms with Gasteiger partial charge in [-0.2, -0.15) is 0 Å². The molecule has 0 aromatic carbocycles. The molecule has 0 saturated carbocycles. The third-order valence-corrected chi connectivity index (χ3v) is 2.94. The van der Waals surface area contributed by atoms with Crippen molar-refractivity contribution >= 4 is 11.9 Å². The van der Waals surface area contributed by atoms with Gasteiger partial charge in [0.1, 0.15) is 6.61 Å². The van der Waals surface area contributed by atoms with E-state index in [1.165, 1.54) is 13.3 Å². The number of pyridine rings is 1. The zero-order chi connectivity index (χ0) is 18.0. The van der Waals surface area contributed by atoms with Crippen LogP contribution in [0.5, 0.6) is 5.88 Å². The number of carbonyl (C=O) groups excluding carboxylic acids is 2. The molecule has 7 heteroatoms. The Morgan fingerprint density at radius 3 is 2.54 bits per heavy atom. The lowest BCUT2D eigenvalue weighted by Gasteiger charge is -2.19. The van der Waals surface area contributed by atoms with Gasteiger partial charge in [0.05, 0.1) is 24.9 Å². The van der Waals surface area contributed by atoms with E-state index in [1.54, 1.807) is 12.1 Å². The summed E-state index contributed by atoms with van der Waals surface area (Å²) in [5, 5.41) is 2.72. The molecule has 1 aromatic heterocycles. The van der Waals surface area contributed by atoms with Gasteiger partial charge in [-0.25, -0.2) is 4.98 Å². The predicted octanol–water partition coefficient (Wildman–Crippen LogP) is 1.96. The zero-order valence-corrected chi connectivity index (χ0v) is 14.8. The molecule has 1 N–H and O–H groups in total. The van der Waals surface area contributed by atoms with Crippen LogP contribution in [0.15, 0.2) is 18.3 Å². The Bertz CT molecular complexity index is 523. The number of esters is 1. The molecule has 1 rings (SSSR count). The van der Waals surface area contributed by atoms with Gasteiger partial charge in [-0.1, -0.05) is 0 Å². The Kier molecular flexibility index (Phi) is 8.18. The summed E-state index contributed by atoms with van der Waals surface area (Å²) in [7, 11) is 1.34. The van der Waals surface area contributed by atoms with Crippen molar-refractivity contribution < 1.29 is 23.8 Å². The van der Waals surface area contributed by atoms with Crippen LogP contribution in [0.3, 0.4) is 0 Å². The average Bonchev–Trinajstić information content (AvgIpc) is 2.54. The molecular formula is C17H26N2O5. The van der Waals surface area contributed by atoms with E-state index in [-0.39, 0.29) is 23.9 Å². The number of rotatable bonds is 9. The van der Waals surface area contributed by atoms with Crippen LogP contribution in [0.1, 0.15) is 44.0 Å². The van der Waals surface area contributed by atoms with Crippen molar-refractivity contribution in [2.45, 2.75) is 39.2 Å².